The van der Waals surface area contributed by atoms with Crippen LogP contribution in [0.1, 0.15) is 56.1 Å². The van der Waals surface area contributed by atoms with Gasteiger partial charge in [0, 0.05) is 11.8 Å². The van der Waals surface area contributed by atoms with Crippen LogP contribution in [0.3, 0.4) is 0 Å². The van der Waals surface area contributed by atoms with Crippen molar-refractivity contribution >= 4 is 5.78 Å². The molecule has 0 aliphatic heterocycles. The number of ketones is 1. The lowest BCUT2D eigenvalue weighted by atomic mass is 9.55. The molecule has 0 saturated heterocycles. The Labute approximate surface area is 143 Å². The maximum absolute atomic E-state index is 12.4. The molecule has 4 rings (SSSR count). The van der Waals surface area contributed by atoms with Crippen molar-refractivity contribution in [2.75, 3.05) is 0 Å². The number of rotatable bonds is 3. The van der Waals surface area contributed by atoms with Gasteiger partial charge in [-0.1, -0.05) is 19.6 Å². The summed E-state index contributed by atoms with van der Waals surface area (Å²) in [6.07, 6.45) is 6.64. The van der Waals surface area contributed by atoms with Crippen LogP contribution in [0.4, 0.5) is 0 Å². The quantitative estimate of drug-likeness (QED) is 0.675. The fourth-order valence-electron chi connectivity index (χ4n) is 5.59. The summed E-state index contributed by atoms with van der Waals surface area (Å²) in [5.74, 6) is 3.00. The third-order valence-corrected chi connectivity index (χ3v) is 6.87. The Hall–Kier alpha value is -1.61. The van der Waals surface area contributed by atoms with E-state index in [0.29, 0.717) is 29.3 Å². The second-order valence-electron chi connectivity index (χ2n) is 7.94. The van der Waals surface area contributed by atoms with Gasteiger partial charge in [0.1, 0.15) is 11.5 Å². The highest BCUT2D eigenvalue weighted by Crippen LogP contribution is 2.59. The molecule has 3 aliphatic carbocycles. The summed E-state index contributed by atoms with van der Waals surface area (Å²) in [5, 5.41) is 9.59. The molecule has 0 heterocycles. The molecule has 24 heavy (non-hydrogen) atoms. The summed E-state index contributed by atoms with van der Waals surface area (Å²) in [6.45, 7) is 5.75. The Morgan fingerprint density at radius 1 is 1.33 bits per heavy atom. The summed E-state index contributed by atoms with van der Waals surface area (Å²) >= 11 is 0. The molecule has 0 spiro atoms. The summed E-state index contributed by atoms with van der Waals surface area (Å²) in [7, 11) is 0. The van der Waals surface area contributed by atoms with Crippen molar-refractivity contribution in [3.8, 4) is 5.75 Å². The molecule has 0 bridgehead atoms. The van der Waals surface area contributed by atoms with E-state index in [1.165, 1.54) is 23.6 Å². The Bertz CT molecular complexity index is 680. The van der Waals surface area contributed by atoms with Gasteiger partial charge in [-0.05, 0) is 79.2 Å². The van der Waals surface area contributed by atoms with E-state index in [4.69, 9.17) is 4.74 Å². The monoisotopic (exact) mass is 326 g/mol. The zero-order valence-corrected chi connectivity index (χ0v) is 14.3. The summed E-state index contributed by atoms with van der Waals surface area (Å²) in [5.41, 5.74) is 2.72. The second-order valence-corrected chi connectivity index (χ2v) is 7.94. The highest BCUT2D eigenvalue weighted by molar-refractivity contribution is 5.87. The molecule has 3 heteroatoms. The van der Waals surface area contributed by atoms with E-state index in [9.17, 15) is 9.90 Å². The lowest BCUT2D eigenvalue weighted by Crippen LogP contribution is -2.42. The van der Waals surface area contributed by atoms with E-state index in [1.54, 1.807) is 0 Å². The van der Waals surface area contributed by atoms with Crippen LogP contribution in [0.5, 0.6) is 5.75 Å². The average molecular weight is 326 g/mol. The maximum Gasteiger partial charge on any atom is 0.216 e. The van der Waals surface area contributed by atoms with Crippen molar-refractivity contribution in [2.45, 2.75) is 57.7 Å². The Kier molecular flexibility index (Phi) is 3.80. The van der Waals surface area contributed by atoms with Crippen LogP contribution >= 0.6 is 0 Å². The van der Waals surface area contributed by atoms with Crippen molar-refractivity contribution in [1.82, 2.24) is 0 Å². The molecule has 1 aromatic rings. The molecular weight excluding hydrogens is 300 g/mol. The summed E-state index contributed by atoms with van der Waals surface area (Å²) < 4.78 is 5.46. The first-order chi connectivity index (χ1) is 11.5. The van der Waals surface area contributed by atoms with Crippen molar-refractivity contribution in [3.05, 3.63) is 42.0 Å². The molecule has 1 unspecified atom stereocenters. The lowest BCUT2D eigenvalue weighted by Gasteiger charge is -2.48. The highest BCUT2D eigenvalue weighted by atomic mass is 16.6. The molecule has 2 fully saturated rings. The first-order valence-electron chi connectivity index (χ1n) is 9.16. The number of aryl methyl sites for hydroxylation is 1. The van der Waals surface area contributed by atoms with E-state index in [-0.39, 0.29) is 5.41 Å². The van der Waals surface area contributed by atoms with Gasteiger partial charge in [0.15, 0.2) is 0 Å². The normalized spacial score (nSPS) is 35.6. The largest absolute Gasteiger partial charge is 0.461 e. The number of ether oxygens (including phenoxy) is 1. The van der Waals surface area contributed by atoms with Crippen LogP contribution in [0.25, 0.3) is 0 Å². The predicted molar refractivity (Wildman–Crippen MR) is 92.9 cm³/mol. The standard InChI is InChI=1S/C21H26O3/c1-3-20(23)24-14-5-7-15-13(12-14)4-6-17-16(15)10-11-21(2)18(17)8-9-19(21)22/h3,5,7,12,16-18,20,23H,1,4,6,8-11H2,2H3/t16-,17-,18+,20?,21+/m1/s1. The van der Waals surface area contributed by atoms with Gasteiger partial charge in [-0.3, -0.25) is 4.79 Å². The van der Waals surface area contributed by atoms with Gasteiger partial charge < -0.3 is 9.84 Å². The lowest BCUT2D eigenvalue weighted by molar-refractivity contribution is -0.129. The number of aliphatic hydroxyl groups excluding tert-OH is 1. The number of carbonyl (C=O) groups excluding carboxylic acids is 1. The van der Waals surface area contributed by atoms with Crippen LogP contribution in [0.15, 0.2) is 30.9 Å². The molecule has 0 radical (unpaired) electrons. The van der Waals surface area contributed by atoms with Gasteiger partial charge in [-0.15, -0.1) is 0 Å². The minimum absolute atomic E-state index is 0.0597. The SMILES string of the molecule is C=CC(O)Oc1ccc2c(c1)CC[C@@H]1[C@@H]2CC[C@]2(C)C(=O)CC[C@@H]12. The fraction of sp³-hybridized carbons (Fsp3) is 0.571. The van der Waals surface area contributed by atoms with Crippen molar-refractivity contribution in [2.24, 2.45) is 17.3 Å². The van der Waals surface area contributed by atoms with Gasteiger partial charge in [-0.2, -0.15) is 0 Å². The van der Waals surface area contributed by atoms with E-state index in [2.05, 4.69) is 25.6 Å². The predicted octanol–water partition coefficient (Wildman–Crippen LogP) is 4.00. The molecule has 3 aliphatic rings. The van der Waals surface area contributed by atoms with E-state index in [1.807, 2.05) is 6.07 Å². The average Bonchev–Trinajstić information content (AvgIpc) is 2.89. The number of carbonyl (C=O) groups is 1. The number of hydrogen-bond donors (Lipinski definition) is 1. The molecule has 128 valence electrons. The van der Waals surface area contributed by atoms with Gasteiger partial charge in [0.2, 0.25) is 6.29 Å². The fourth-order valence-corrected chi connectivity index (χ4v) is 5.59. The third kappa shape index (κ3) is 2.33. The molecule has 1 N–H and O–H groups in total. The van der Waals surface area contributed by atoms with Crippen LogP contribution in [-0.4, -0.2) is 17.2 Å². The number of hydrogen-bond acceptors (Lipinski definition) is 3. The van der Waals surface area contributed by atoms with Crippen molar-refractivity contribution < 1.29 is 14.6 Å². The van der Waals surface area contributed by atoms with Crippen molar-refractivity contribution in [3.63, 3.8) is 0 Å². The van der Waals surface area contributed by atoms with Crippen LogP contribution in [0.2, 0.25) is 0 Å². The van der Waals surface area contributed by atoms with Gasteiger partial charge >= 0.3 is 0 Å². The Morgan fingerprint density at radius 3 is 2.96 bits per heavy atom. The molecule has 0 amide bonds. The number of aliphatic hydroxyl groups is 1. The van der Waals surface area contributed by atoms with Gasteiger partial charge in [0.05, 0.1) is 0 Å². The molecule has 3 nitrogen and oxygen atoms in total. The second kappa shape index (κ2) is 5.73. The summed E-state index contributed by atoms with van der Waals surface area (Å²) in [6, 6.07) is 6.21. The van der Waals surface area contributed by atoms with Crippen LogP contribution < -0.4 is 4.74 Å². The molecule has 0 aromatic heterocycles. The smallest absolute Gasteiger partial charge is 0.216 e. The number of benzene rings is 1. The van der Waals surface area contributed by atoms with E-state index >= 15 is 0 Å². The zero-order valence-electron chi connectivity index (χ0n) is 14.3. The zero-order chi connectivity index (χ0) is 16.9. The first kappa shape index (κ1) is 15.9. The van der Waals surface area contributed by atoms with E-state index in [0.717, 1.165) is 32.1 Å². The van der Waals surface area contributed by atoms with Crippen molar-refractivity contribution in [1.29, 1.82) is 0 Å². The Balaban J connectivity index is 1.61. The Morgan fingerprint density at radius 2 is 2.17 bits per heavy atom. The highest BCUT2D eigenvalue weighted by Gasteiger charge is 2.54. The minimum Gasteiger partial charge on any atom is -0.461 e. The van der Waals surface area contributed by atoms with Crippen LogP contribution in [0, 0.1) is 17.3 Å². The summed E-state index contributed by atoms with van der Waals surface area (Å²) in [4.78, 5) is 12.4. The molecule has 2 saturated carbocycles. The third-order valence-electron chi connectivity index (χ3n) is 6.87. The van der Waals surface area contributed by atoms with Crippen LogP contribution in [-0.2, 0) is 11.2 Å². The number of Topliss-reactive ketones (excluding diaryl/α,β-unsaturated/α-hetero) is 1. The first-order valence-corrected chi connectivity index (χ1v) is 9.16. The maximum atomic E-state index is 12.4. The molecule has 5 atom stereocenters. The minimum atomic E-state index is -0.959. The number of fused-ring (bicyclic) bond motifs is 5. The molecular formula is C21H26O3. The van der Waals surface area contributed by atoms with Gasteiger partial charge in [0.25, 0.3) is 0 Å². The topological polar surface area (TPSA) is 46.5 Å². The molecule has 1 aromatic carbocycles. The van der Waals surface area contributed by atoms with Gasteiger partial charge in [-0.25, -0.2) is 0 Å². The van der Waals surface area contributed by atoms with E-state index < -0.39 is 6.29 Å².